The second-order valence-electron chi connectivity index (χ2n) is 10.2. The summed E-state index contributed by atoms with van der Waals surface area (Å²) >= 11 is 11.9. The lowest BCUT2D eigenvalue weighted by molar-refractivity contribution is -0.130. The van der Waals surface area contributed by atoms with Crippen LogP contribution in [0.25, 0.3) is 0 Å². The second kappa shape index (κ2) is 11.7. The molecule has 0 atom stereocenters. The van der Waals surface area contributed by atoms with Crippen LogP contribution in [-0.2, 0) is 10.2 Å². The Morgan fingerprint density at radius 2 is 1.76 bits per heavy atom. The van der Waals surface area contributed by atoms with Crippen LogP contribution in [0.15, 0.2) is 18.2 Å². The topological polar surface area (TPSA) is 101 Å². The Hall–Kier alpha value is -2.82. The molecule has 1 aliphatic heterocycles. The van der Waals surface area contributed by atoms with Gasteiger partial charge in [-0.3, -0.25) is 9.59 Å². The van der Waals surface area contributed by atoms with Gasteiger partial charge in [-0.2, -0.15) is 0 Å². The number of benzene rings is 1. The Bertz CT molecular complexity index is 1180. The first-order valence-electron chi connectivity index (χ1n) is 11.9. The summed E-state index contributed by atoms with van der Waals surface area (Å²) in [5, 5.41) is 4.79. The highest BCUT2D eigenvalue weighted by Crippen LogP contribution is 2.33. The van der Waals surface area contributed by atoms with Crippen molar-refractivity contribution in [2.45, 2.75) is 32.6 Å². The van der Waals surface area contributed by atoms with Gasteiger partial charge in [0.15, 0.2) is 0 Å². The lowest BCUT2D eigenvalue weighted by Gasteiger charge is -2.23. The highest BCUT2D eigenvalue weighted by molar-refractivity contribution is 6.44. The molecule has 0 aliphatic carbocycles. The van der Waals surface area contributed by atoms with Crippen LogP contribution >= 0.6 is 23.2 Å². The van der Waals surface area contributed by atoms with Crippen LogP contribution in [-0.4, -0.2) is 84.3 Å². The van der Waals surface area contributed by atoms with E-state index in [1.807, 2.05) is 39.8 Å². The van der Waals surface area contributed by atoms with Gasteiger partial charge in [0.1, 0.15) is 11.5 Å². The van der Waals surface area contributed by atoms with Crippen molar-refractivity contribution in [2.24, 2.45) is 0 Å². The number of aromatic nitrogens is 1. The average molecular weight is 555 g/mol. The van der Waals surface area contributed by atoms with E-state index in [9.17, 15) is 18.8 Å². The van der Waals surface area contributed by atoms with Crippen LogP contribution in [0.4, 0.5) is 20.6 Å². The van der Waals surface area contributed by atoms with Crippen molar-refractivity contribution < 1.29 is 18.8 Å². The number of likely N-dealkylation sites (N-methyl/N-ethyl adjacent to an activating group) is 1. The van der Waals surface area contributed by atoms with E-state index in [0.29, 0.717) is 19.6 Å². The predicted molar refractivity (Wildman–Crippen MR) is 144 cm³/mol. The zero-order chi connectivity index (χ0) is 27.5. The number of halogens is 3. The fourth-order valence-electron chi connectivity index (χ4n) is 3.81. The highest BCUT2D eigenvalue weighted by atomic mass is 35.5. The van der Waals surface area contributed by atoms with Gasteiger partial charge in [0, 0.05) is 50.3 Å². The minimum Gasteiger partial charge on any atom is -0.352 e. The van der Waals surface area contributed by atoms with Crippen molar-refractivity contribution in [3.8, 4) is 0 Å². The standard InChI is InChI=1S/C25H33Cl2FN6O3/c1-25(2,3)18-14-17(30-24(37)29-16-7-6-15(28)20(26)21(16)27)22(31-18)23(36)34-9-8-19(35)33(12-13-34)11-10-32(4)5/h6-7,14,31H,8-13H2,1-5H3,(H2,29,30,37). The summed E-state index contributed by atoms with van der Waals surface area (Å²) in [5.74, 6) is -1.02. The smallest absolute Gasteiger partial charge is 0.323 e. The van der Waals surface area contributed by atoms with Crippen LogP contribution in [0, 0.1) is 5.82 Å². The molecule has 37 heavy (non-hydrogen) atoms. The fourth-order valence-corrected chi connectivity index (χ4v) is 4.17. The van der Waals surface area contributed by atoms with Gasteiger partial charge in [-0.25, -0.2) is 9.18 Å². The van der Waals surface area contributed by atoms with E-state index in [1.54, 1.807) is 15.9 Å². The third kappa shape index (κ3) is 7.15. The fraction of sp³-hybridized carbons (Fsp3) is 0.480. The largest absolute Gasteiger partial charge is 0.352 e. The number of nitrogens with zero attached hydrogens (tertiary/aromatic N) is 3. The number of aromatic amines is 1. The number of carbonyl (C=O) groups excluding carboxylic acids is 3. The number of rotatable bonds is 6. The molecule has 2 heterocycles. The summed E-state index contributed by atoms with van der Waals surface area (Å²) < 4.78 is 13.6. The first-order chi connectivity index (χ1) is 17.3. The molecule has 9 nitrogen and oxygen atoms in total. The Balaban J connectivity index is 1.81. The van der Waals surface area contributed by atoms with Gasteiger partial charge in [-0.1, -0.05) is 44.0 Å². The number of hydrogen-bond acceptors (Lipinski definition) is 4. The molecule has 3 N–H and O–H groups in total. The molecule has 1 aliphatic rings. The maximum absolute atomic E-state index is 13.6. The van der Waals surface area contributed by atoms with Gasteiger partial charge in [0.05, 0.1) is 21.4 Å². The molecule has 2 aromatic rings. The highest BCUT2D eigenvalue weighted by Gasteiger charge is 2.29. The lowest BCUT2D eigenvalue weighted by Crippen LogP contribution is -2.39. The third-order valence-electron chi connectivity index (χ3n) is 6.06. The molecule has 0 radical (unpaired) electrons. The van der Waals surface area contributed by atoms with Crippen LogP contribution in [0.1, 0.15) is 43.4 Å². The van der Waals surface area contributed by atoms with Gasteiger partial charge in [-0.15, -0.1) is 0 Å². The molecular weight excluding hydrogens is 522 g/mol. The van der Waals surface area contributed by atoms with E-state index in [1.165, 1.54) is 6.07 Å². The van der Waals surface area contributed by atoms with Gasteiger partial charge in [0.25, 0.3) is 5.91 Å². The molecule has 1 saturated heterocycles. The van der Waals surface area contributed by atoms with Crippen LogP contribution < -0.4 is 10.6 Å². The Morgan fingerprint density at radius 1 is 1.08 bits per heavy atom. The van der Waals surface area contributed by atoms with E-state index in [0.717, 1.165) is 18.3 Å². The molecule has 12 heteroatoms. The number of H-pyrrole nitrogens is 1. The van der Waals surface area contributed by atoms with Crippen LogP contribution in [0.3, 0.4) is 0 Å². The van der Waals surface area contributed by atoms with Gasteiger partial charge < -0.3 is 30.3 Å². The minimum atomic E-state index is -0.706. The Labute approximate surface area is 226 Å². The van der Waals surface area contributed by atoms with Crippen molar-refractivity contribution in [1.82, 2.24) is 19.7 Å². The van der Waals surface area contributed by atoms with Crippen molar-refractivity contribution in [2.75, 3.05) is 57.5 Å². The van der Waals surface area contributed by atoms with Gasteiger partial charge in [-0.05, 0) is 32.3 Å². The average Bonchev–Trinajstić information content (AvgIpc) is 3.15. The van der Waals surface area contributed by atoms with Crippen molar-refractivity contribution >= 4 is 52.4 Å². The van der Waals surface area contributed by atoms with Crippen molar-refractivity contribution in [3.05, 3.63) is 45.4 Å². The zero-order valence-corrected chi connectivity index (χ0v) is 23.2. The number of carbonyl (C=O) groups is 3. The summed E-state index contributed by atoms with van der Waals surface area (Å²) in [6.45, 7) is 8.33. The molecule has 202 valence electrons. The zero-order valence-electron chi connectivity index (χ0n) is 21.7. The first-order valence-corrected chi connectivity index (χ1v) is 12.7. The molecule has 1 aromatic carbocycles. The molecular formula is C25H33Cl2FN6O3. The van der Waals surface area contributed by atoms with E-state index < -0.39 is 11.8 Å². The minimum absolute atomic E-state index is 0.00609. The van der Waals surface area contributed by atoms with Crippen molar-refractivity contribution in [1.29, 1.82) is 0 Å². The Kier molecular flexibility index (Phi) is 9.09. The monoisotopic (exact) mass is 554 g/mol. The molecule has 4 amide bonds. The maximum Gasteiger partial charge on any atom is 0.323 e. The number of hydrogen-bond donors (Lipinski definition) is 3. The van der Waals surface area contributed by atoms with E-state index in [-0.39, 0.29) is 57.3 Å². The number of nitrogens with one attached hydrogen (secondary N) is 3. The van der Waals surface area contributed by atoms with E-state index >= 15 is 0 Å². The molecule has 0 bridgehead atoms. The number of urea groups is 1. The van der Waals surface area contributed by atoms with Gasteiger partial charge >= 0.3 is 6.03 Å². The van der Waals surface area contributed by atoms with E-state index in [4.69, 9.17) is 23.2 Å². The van der Waals surface area contributed by atoms with Gasteiger partial charge in [0.2, 0.25) is 5.91 Å². The van der Waals surface area contributed by atoms with Crippen LogP contribution in [0.5, 0.6) is 0 Å². The Morgan fingerprint density at radius 3 is 2.41 bits per heavy atom. The SMILES string of the molecule is CN(C)CCN1CCN(C(=O)c2[nH]c(C(C)(C)C)cc2NC(=O)Nc2ccc(F)c(Cl)c2Cl)CCC1=O. The third-order valence-corrected chi connectivity index (χ3v) is 6.92. The normalized spacial score (nSPS) is 14.7. The number of anilines is 2. The maximum atomic E-state index is 13.6. The second-order valence-corrected chi connectivity index (χ2v) is 11.0. The molecule has 0 spiro atoms. The van der Waals surface area contributed by atoms with Crippen molar-refractivity contribution in [3.63, 3.8) is 0 Å². The molecule has 1 aromatic heterocycles. The lowest BCUT2D eigenvalue weighted by atomic mass is 9.92. The summed E-state index contributed by atoms with van der Waals surface area (Å²) in [7, 11) is 3.89. The summed E-state index contributed by atoms with van der Waals surface area (Å²) in [6, 6.07) is 3.41. The van der Waals surface area contributed by atoms with Crippen LogP contribution in [0.2, 0.25) is 10.0 Å². The van der Waals surface area contributed by atoms with E-state index in [2.05, 4.69) is 15.6 Å². The molecule has 0 unspecified atom stereocenters. The summed E-state index contributed by atoms with van der Waals surface area (Å²) in [5.41, 5.74) is 1.01. The number of amides is 4. The molecule has 1 fully saturated rings. The first kappa shape index (κ1) is 28.7. The molecule has 0 saturated carbocycles. The predicted octanol–water partition coefficient (Wildman–Crippen LogP) is 4.64. The quantitative estimate of drug-likeness (QED) is 0.453. The summed E-state index contributed by atoms with van der Waals surface area (Å²) in [6.07, 6.45) is 0.221. The molecule has 3 rings (SSSR count). The summed E-state index contributed by atoms with van der Waals surface area (Å²) in [4.78, 5) is 47.5.